The van der Waals surface area contributed by atoms with Gasteiger partial charge in [0.15, 0.2) is 5.78 Å². The highest BCUT2D eigenvalue weighted by molar-refractivity contribution is 7.20. The van der Waals surface area contributed by atoms with Crippen LogP contribution in [0.25, 0.3) is 0 Å². The molecule has 106 valence electrons. The molecule has 0 bridgehead atoms. The van der Waals surface area contributed by atoms with Gasteiger partial charge in [0.1, 0.15) is 4.34 Å². The van der Waals surface area contributed by atoms with Crippen LogP contribution in [0.4, 0.5) is 0 Å². The Morgan fingerprint density at radius 2 is 2.11 bits per heavy atom. The van der Waals surface area contributed by atoms with E-state index in [1.807, 2.05) is 0 Å². The van der Waals surface area contributed by atoms with Gasteiger partial charge in [-0.25, -0.2) is 0 Å². The van der Waals surface area contributed by atoms with Gasteiger partial charge in [-0.05, 0) is 31.2 Å². The number of likely N-dealkylation sites (tertiary alicyclic amines) is 1. The van der Waals surface area contributed by atoms with Crippen LogP contribution in [0.5, 0.6) is 0 Å². The largest absolute Gasteiger partial charge is 0.293 e. The molecule has 0 spiro atoms. The summed E-state index contributed by atoms with van der Waals surface area (Å²) in [5, 5.41) is 0. The van der Waals surface area contributed by atoms with E-state index in [1.165, 1.54) is 17.8 Å². The van der Waals surface area contributed by atoms with Gasteiger partial charge in [-0.1, -0.05) is 37.0 Å². The van der Waals surface area contributed by atoms with Gasteiger partial charge in [0.05, 0.1) is 16.4 Å². The molecule has 3 atom stereocenters. The Labute approximate surface area is 128 Å². The highest BCUT2D eigenvalue weighted by Gasteiger charge is 2.30. The SMILES string of the molecule is CC1CC(C)C(C)N(CC(=O)c2cc(Cl)sc2Cl)C1. The molecule has 1 aliphatic rings. The molecular formula is C14H19Cl2NOS. The first-order chi connectivity index (χ1) is 8.88. The second-order valence-corrected chi connectivity index (χ2v) is 7.93. The van der Waals surface area contributed by atoms with E-state index in [0.717, 1.165) is 6.54 Å². The van der Waals surface area contributed by atoms with Crippen molar-refractivity contribution in [3.8, 4) is 0 Å². The van der Waals surface area contributed by atoms with Crippen molar-refractivity contribution >= 4 is 40.3 Å². The summed E-state index contributed by atoms with van der Waals surface area (Å²) >= 11 is 13.2. The van der Waals surface area contributed by atoms with Crippen molar-refractivity contribution in [3.63, 3.8) is 0 Å². The van der Waals surface area contributed by atoms with E-state index in [0.29, 0.717) is 38.7 Å². The third-order valence-corrected chi connectivity index (χ3v) is 5.51. The normalized spacial score (nSPS) is 28.6. The Kier molecular flexibility index (Phi) is 4.93. The summed E-state index contributed by atoms with van der Waals surface area (Å²) < 4.78 is 1.07. The zero-order chi connectivity index (χ0) is 14.2. The summed E-state index contributed by atoms with van der Waals surface area (Å²) in [6.07, 6.45) is 1.23. The lowest BCUT2D eigenvalue weighted by Gasteiger charge is -2.40. The maximum Gasteiger partial charge on any atom is 0.179 e. The second kappa shape index (κ2) is 6.13. The number of piperidine rings is 1. The summed E-state index contributed by atoms with van der Waals surface area (Å²) in [6, 6.07) is 2.12. The lowest BCUT2D eigenvalue weighted by Crippen LogP contribution is -2.47. The Bertz CT molecular complexity index is 474. The van der Waals surface area contributed by atoms with Gasteiger partial charge in [0, 0.05) is 12.6 Å². The molecule has 0 N–H and O–H groups in total. The van der Waals surface area contributed by atoms with Crippen LogP contribution in [0.1, 0.15) is 37.6 Å². The smallest absolute Gasteiger partial charge is 0.179 e. The van der Waals surface area contributed by atoms with Gasteiger partial charge in [-0.15, -0.1) is 11.3 Å². The number of halogens is 2. The average Bonchev–Trinajstić information content (AvgIpc) is 2.64. The highest BCUT2D eigenvalue weighted by Crippen LogP contribution is 2.32. The number of hydrogen-bond donors (Lipinski definition) is 0. The Hall–Kier alpha value is -0.0900. The average molecular weight is 320 g/mol. The Balaban J connectivity index is 2.08. The summed E-state index contributed by atoms with van der Waals surface area (Å²) in [6.45, 7) is 8.11. The van der Waals surface area contributed by atoms with Crippen LogP contribution < -0.4 is 0 Å². The van der Waals surface area contributed by atoms with Gasteiger partial charge >= 0.3 is 0 Å². The molecule has 1 saturated heterocycles. The maximum atomic E-state index is 12.3. The molecule has 0 aliphatic carbocycles. The minimum absolute atomic E-state index is 0.0706. The topological polar surface area (TPSA) is 20.3 Å². The lowest BCUT2D eigenvalue weighted by atomic mass is 9.86. The van der Waals surface area contributed by atoms with Gasteiger partial charge in [-0.2, -0.15) is 0 Å². The van der Waals surface area contributed by atoms with Gasteiger partial charge in [0.25, 0.3) is 0 Å². The Morgan fingerprint density at radius 3 is 2.68 bits per heavy atom. The molecule has 1 aliphatic heterocycles. The zero-order valence-corrected chi connectivity index (χ0v) is 13.8. The third-order valence-electron chi connectivity index (χ3n) is 4.02. The fourth-order valence-corrected chi connectivity index (χ4v) is 4.34. The minimum Gasteiger partial charge on any atom is -0.293 e. The van der Waals surface area contributed by atoms with Crippen LogP contribution >= 0.6 is 34.5 Å². The van der Waals surface area contributed by atoms with Crippen LogP contribution in [0.3, 0.4) is 0 Å². The van der Waals surface area contributed by atoms with Crippen molar-refractivity contribution in [3.05, 3.63) is 20.3 Å². The molecule has 2 nitrogen and oxygen atoms in total. The number of rotatable bonds is 3. The predicted octanol–water partition coefficient (Wildman–Crippen LogP) is 4.60. The maximum absolute atomic E-state index is 12.3. The first-order valence-corrected chi connectivity index (χ1v) is 8.17. The molecule has 0 amide bonds. The highest BCUT2D eigenvalue weighted by atomic mass is 35.5. The van der Waals surface area contributed by atoms with E-state index in [9.17, 15) is 4.79 Å². The molecule has 2 heterocycles. The monoisotopic (exact) mass is 319 g/mol. The number of thiophene rings is 1. The molecule has 3 unspecified atom stereocenters. The van der Waals surface area contributed by atoms with Crippen molar-refractivity contribution in [1.29, 1.82) is 0 Å². The molecule has 0 radical (unpaired) electrons. The second-order valence-electron chi connectivity index (χ2n) is 5.65. The number of carbonyl (C=O) groups is 1. The first kappa shape index (κ1) is 15.3. The molecule has 0 saturated carbocycles. The molecule has 19 heavy (non-hydrogen) atoms. The quantitative estimate of drug-likeness (QED) is 0.758. The standard InChI is InChI=1S/C14H19Cl2NOS/c1-8-4-9(2)10(3)17(6-8)7-12(18)11-5-13(15)19-14(11)16/h5,8-10H,4,6-7H2,1-3H3. The van der Waals surface area contributed by atoms with Crippen molar-refractivity contribution in [2.45, 2.75) is 33.2 Å². The van der Waals surface area contributed by atoms with Gasteiger partial charge in [0.2, 0.25) is 0 Å². The van der Waals surface area contributed by atoms with Crippen molar-refractivity contribution < 1.29 is 4.79 Å². The molecule has 2 rings (SSSR count). The number of hydrogen-bond acceptors (Lipinski definition) is 3. The van der Waals surface area contributed by atoms with Crippen LogP contribution in [0.2, 0.25) is 8.67 Å². The summed E-state index contributed by atoms with van der Waals surface area (Å²) in [5.41, 5.74) is 0.565. The summed E-state index contributed by atoms with van der Waals surface area (Å²) in [5.74, 6) is 1.33. The van der Waals surface area contributed by atoms with Crippen molar-refractivity contribution in [2.75, 3.05) is 13.1 Å². The van der Waals surface area contributed by atoms with Crippen LogP contribution in [0, 0.1) is 11.8 Å². The summed E-state index contributed by atoms with van der Waals surface area (Å²) in [4.78, 5) is 14.6. The van der Waals surface area contributed by atoms with Crippen LogP contribution in [-0.2, 0) is 0 Å². The first-order valence-electron chi connectivity index (χ1n) is 6.60. The molecule has 1 fully saturated rings. The van der Waals surface area contributed by atoms with Crippen molar-refractivity contribution in [2.24, 2.45) is 11.8 Å². The van der Waals surface area contributed by atoms with E-state index in [-0.39, 0.29) is 5.78 Å². The Morgan fingerprint density at radius 1 is 1.42 bits per heavy atom. The van der Waals surface area contributed by atoms with E-state index < -0.39 is 0 Å². The number of ketones is 1. The summed E-state index contributed by atoms with van der Waals surface area (Å²) in [7, 11) is 0. The molecular weight excluding hydrogens is 301 g/mol. The van der Waals surface area contributed by atoms with E-state index in [4.69, 9.17) is 23.2 Å². The molecule has 5 heteroatoms. The van der Waals surface area contributed by atoms with E-state index >= 15 is 0 Å². The number of carbonyl (C=O) groups excluding carboxylic acids is 1. The fraction of sp³-hybridized carbons (Fsp3) is 0.643. The molecule has 1 aromatic rings. The lowest BCUT2D eigenvalue weighted by molar-refractivity contribution is 0.0650. The number of Topliss-reactive ketones (excluding diaryl/α,β-unsaturated/α-hetero) is 1. The van der Waals surface area contributed by atoms with Gasteiger partial charge < -0.3 is 0 Å². The zero-order valence-electron chi connectivity index (χ0n) is 11.5. The van der Waals surface area contributed by atoms with Crippen molar-refractivity contribution in [1.82, 2.24) is 4.90 Å². The minimum atomic E-state index is 0.0706. The predicted molar refractivity (Wildman–Crippen MR) is 82.6 cm³/mol. The third kappa shape index (κ3) is 3.52. The number of nitrogens with zero attached hydrogens (tertiary/aromatic N) is 1. The van der Waals surface area contributed by atoms with E-state index in [2.05, 4.69) is 25.7 Å². The van der Waals surface area contributed by atoms with Gasteiger partial charge in [-0.3, -0.25) is 9.69 Å². The molecule has 0 aromatic carbocycles. The van der Waals surface area contributed by atoms with E-state index in [1.54, 1.807) is 6.07 Å². The van der Waals surface area contributed by atoms with Crippen LogP contribution in [-0.4, -0.2) is 29.8 Å². The van der Waals surface area contributed by atoms with Crippen LogP contribution in [0.15, 0.2) is 6.07 Å². The fourth-order valence-electron chi connectivity index (χ4n) is 2.84. The molecule has 1 aromatic heterocycles.